The molecule has 0 unspecified atom stereocenters. The van der Waals surface area contributed by atoms with Crippen molar-refractivity contribution in [1.82, 2.24) is 20.6 Å². The highest BCUT2D eigenvalue weighted by Crippen LogP contribution is 2.18. The number of rotatable bonds is 5. The average molecular weight is 347 g/mol. The molecule has 3 rings (SSSR count). The van der Waals surface area contributed by atoms with Crippen molar-refractivity contribution in [3.05, 3.63) is 52.2 Å². The van der Waals surface area contributed by atoms with E-state index in [0.717, 1.165) is 11.1 Å². The molecule has 0 bridgehead atoms. The molecule has 0 radical (unpaired) electrons. The average Bonchev–Trinajstić information content (AvgIpc) is 3.16. The fourth-order valence-corrected chi connectivity index (χ4v) is 2.32. The fraction of sp³-hybridized carbons (Fsp3) is 0.250. The zero-order chi connectivity index (χ0) is 17.1. The highest BCUT2D eigenvalue weighted by atomic mass is 35.5. The molecule has 124 valence electrons. The summed E-state index contributed by atoms with van der Waals surface area (Å²) in [5.41, 5.74) is 2.29. The molecule has 0 atom stereocenters. The molecule has 1 amide bonds. The van der Waals surface area contributed by atoms with Gasteiger partial charge in [0, 0.05) is 16.1 Å². The molecule has 0 saturated heterocycles. The molecule has 7 nitrogen and oxygen atoms in total. The van der Waals surface area contributed by atoms with Gasteiger partial charge in [0.05, 0.1) is 18.7 Å². The lowest BCUT2D eigenvalue weighted by Gasteiger charge is -2.01. The summed E-state index contributed by atoms with van der Waals surface area (Å²) in [7, 11) is 0. The second-order valence-electron chi connectivity index (χ2n) is 5.27. The van der Waals surface area contributed by atoms with E-state index in [2.05, 4.69) is 20.6 Å². The smallest absolute Gasteiger partial charge is 0.246 e. The number of benzene rings is 1. The van der Waals surface area contributed by atoms with E-state index < -0.39 is 0 Å². The lowest BCUT2D eigenvalue weighted by atomic mass is 10.1. The van der Waals surface area contributed by atoms with Crippen LogP contribution >= 0.6 is 11.6 Å². The molecule has 2 aromatic heterocycles. The van der Waals surface area contributed by atoms with Crippen molar-refractivity contribution in [3.63, 3.8) is 0 Å². The Morgan fingerprint density at radius 1 is 1.17 bits per heavy atom. The van der Waals surface area contributed by atoms with Crippen molar-refractivity contribution in [2.45, 2.75) is 26.8 Å². The molecule has 3 aromatic rings. The molecule has 2 heterocycles. The van der Waals surface area contributed by atoms with E-state index in [1.165, 1.54) is 0 Å². The summed E-state index contributed by atoms with van der Waals surface area (Å²) in [6, 6.07) is 7.09. The van der Waals surface area contributed by atoms with Crippen LogP contribution in [0.25, 0.3) is 11.4 Å². The van der Waals surface area contributed by atoms with Crippen LogP contribution in [0.4, 0.5) is 0 Å². The number of carbonyl (C=O) groups excluding carboxylic acids is 1. The largest absolute Gasteiger partial charge is 0.361 e. The van der Waals surface area contributed by atoms with Gasteiger partial charge in [0.1, 0.15) is 5.76 Å². The second kappa shape index (κ2) is 6.84. The SMILES string of the molecule is Cc1noc(C)c1CC(=O)NCc1nc(-c2ccc(Cl)cc2)no1. The first-order valence-electron chi connectivity index (χ1n) is 7.30. The molecule has 0 aliphatic heterocycles. The third-order valence-corrected chi connectivity index (χ3v) is 3.78. The third kappa shape index (κ3) is 3.62. The number of aromatic nitrogens is 3. The Morgan fingerprint density at radius 2 is 1.92 bits per heavy atom. The van der Waals surface area contributed by atoms with Crippen LogP contribution in [0.15, 0.2) is 33.3 Å². The minimum Gasteiger partial charge on any atom is -0.361 e. The van der Waals surface area contributed by atoms with Crippen LogP contribution in [0.2, 0.25) is 5.02 Å². The number of hydrogen-bond donors (Lipinski definition) is 1. The number of hydrogen-bond acceptors (Lipinski definition) is 6. The van der Waals surface area contributed by atoms with Crippen molar-refractivity contribution in [2.24, 2.45) is 0 Å². The zero-order valence-electron chi connectivity index (χ0n) is 13.2. The fourth-order valence-electron chi connectivity index (χ4n) is 2.19. The van der Waals surface area contributed by atoms with E-state index in [1.807, 2.05) is 0 Å². The van der Waals surface area contributed by atoms with Gasteiger partial charge in [-0.15, -0.1) is 0 Å². The summed E-state index contributed by atoms with van der Waals surface area (Å²) in [5.74, 6) is 1.25. The minimum atomic E-state index is -0.171. The Kier molecular flexibility index (Phi) is 4.61. The van der Waals surface area contributed by atoms with Crippen LogP contribution < -0.4 is 5.32 Å². The molecule has 0 fully saturated rings. The van der Waals surface area contributed by atoms with Gasteiger partial charge >= 0.3 is 0 Å². The van der Waals surface area contributed by atoms with Gasteiger partial charge in [-0.25, -0.2) is 0 Å². The molecule has 1 N–H and O–H groups in total. The number of aryl methyl sites for hydroxylation is 2. The van der Waals surface area contributed by atoms with Gasteiger partial charge in [0.2, 0.25) is 17.6 Å². The van der Waals surface area contributed by atoms with E-state index >= 15 is 0 Å². The zero-order valence-corrected chi connectivity index (χ0v) is 13.9. The maximum Gasteiger partial charge on any atom is 0.246 e. The van der Waals surface area contributed by atoms with E-state index in [1.54, 1.807) is 38.1 Å². The molecule has 0 aliphatic rings. The molecule has 24 heavy (non-hydrogen) atoms. The summed E-state index contributed by atoms with van der Waals surface area (Å²) >= 11 is 5.85. The predicted octanol–water partition coefficient (Wildman–Crippen LogP) is 2.85. The summed E-state index contributed by atoms with van der Waals surface area (Å²) < 4.78 is 10.2. The van der Waals surface area contributed by atoms with E-state index in [-0.39, 0.29) is 18.9 Å². The summed E-state index contributed by atoms with van der Waals surface area (Å²) in [6.07, 6.45) is 0.194. The second-order valence-corrected chi connectivity index (χ2v) is 5.71. The van der Waals surface area contributed by atoms with Crippen LogP contribution in [-0.4, -0.2) is 21.2 Å². The quantitative estimate of drug-likeness (QED) is 0.763. The normalized spacial score (nSPS) is 10.8. The lowest BCUT2D eigenvalue weighted by molar-refractivity contribution is -0.120. The highest BCUT2D eigenvalue weighted by Gasteiger charge is 2.14. The van der Waals surface area contributed by atoms with E-state index in [9.17, 15) is 4.79 Å². The van der Waals surface area contributed by atoms with Crippen molar-refractivity contribution < 1.29 is 13.8 Å². The Hall–Kier alpha value is -2.67. The van der Waals surface area contributed by atoms with Crippen LogP contribution in [0.1, 0.15) is 22.9 Å². The summed E-state index contributed by atoms with van der Waals surface area (Å²) in [4.78, 5) is 16.3. The van der Waals surface area contributed by atoms with Gasteiger partial charge in [0.15, 0.2) is 0 Å². The number of amides is 1. The van der Waals surface area contributed by atoms with E-state index in [4.69, 9.17) is 20.6 Å². The highest BCUT2D eigenvalue weighted by molar-refractivity contribution is 6.30. The molecular formula is C16H15ClN4O3. The van der Waals surface area contributed by atoms with E-state index in [0.29, 0.717) is 28.2 Å². The number of nitrogens with zero attached hydrogens (tertiary/aromatic N) is 3. The monoisotopic (exact) mass is 346 g/mol. The lowest BCUT2D eigenvalue weighted by Crippen LogP contribution is -2.25. The maximum atomic E-state index is 12.0. The van der Waals surface area contributed by atoms with Gasteiger partial charge in [0.25, 0.3) is 0 Å². The van der Waals surface area contributed by atoms with Gasteiger partial charge < -0.3 is 14.4 Å². The first kappa shape index (κ1) is 16.2. The van der Waals surface area contributed by atoms with Crippen molar-refractivity contribution >= 4 is 17.5 Å². The minimum absolute atomic E-state index is 0.156. The Morgan fingerprint density at radius 3 is 2.58 bits per heavy atom. The predicted molar refractivity (Wildman–Crippen MR) is 86.3 cm³/mol. The van der Waals surface area contributed by atoms with Gasteiger partial charge in [-0.3, -0.25) is 4.79 Å². The van der Waals surface area contributed by atoms with Gasteiger partial charge in [-0.2, -0.15) is 4.98 Å². The first-order chi connectivity index (χ1) is 11.5. The Labute approximate surface area is 143 Å². The molecule has 0 saturated carbocycles. The van der Waals surface area contributed by atoms with Crippen molar-refractivity contribution in [3.8, 4) is 11.4 Å². The molecular weight excluding hydrogens is 332 g/mol. The summed E-state index contributed by atoms with van der Waals surface area (Å²) in [5, 5.41) is 11.1. The van der Waals surface area contributed by atoms with Gasteiger partial charge in [-0.05, 0) is 38.1 Å². The van der Waals surface area contributed by atoms with Crippen molar-refractivity contribution in [2.75, 3.05) is 0 Å². The van der Waals surface area contributed by atoms with Crippen LogP contribution in [0.5, 0.6) is 0 Å². The van der Waals surface area contributed by atoms with Crippen LogP contribution in [0.3, 0.4) is 0 Å². The molecule has 1 aromatic carbocycles. The van der Waals surface area contributed by atoms with Crippen LogP contribution in [0, 0.1) is 13.8 Å². The van der Waals surface area contributed by atoms with Crippen molar-refractivity contribution in [1.29, 1.82) is 0 Å². The number of carbonyl (C=O) groups is 1. The Balaban J connectivity index is 1.59. The molecule has 0 spiro atoms. The van der Waals surface area contributed by atoms with Gasteiger partial charge in [-0.1, -0.05) is 21.9 Å². The maximum absolute atomic E-state index is 12.0. The standard InChI is InChI=1S/C16H15ClN4O3/c1-9-13(10(2)23-20-9)7-14(22)18-8-15-19-16(21-24-15)11-3-5-12(17)6-4-11/h3-6H,7-8H2,1-2H3,(H,18,22). The first-order valence-corrected chi connectivity index (χ1v) is 7.67. The summed E-state index contributed by atoms with van der Waals surface area (Å²) in [6.45, 7) is 3.73. The number of halogens is 1. The number of nitrogens with one attached hydrogen (secondary N) is 1. The third-order valence-electron chi connectivity index (χ3n) is 3.53. The van der Waals surface area contributed by atoms with Crippen LogP contribution in [-0.2, 0) is 17.8 Å². The topological polar surface area (TPSA) is 94.1 Å². The Bertz CT molecular complexity index is 835. The molecule has 8 heteroatoms. The molecule has 0 aliphatic carbocycles.